The number of Topliss-reactive ketones (excluding diaryl/α,β-unsaturated/α-hetero) is 1. The Balaban J connectivity index is 1.83. The Morgan fingerprint density at radius 3 is 2.38 bits per heavy atom. The minimum absolute atomic E-state index is 0.0588. The standard InChI is InChI=1S/C13H20O3/c14-11-8-4-5-9-12(11)16-13(15)10-6-2-1-3-7-10/h10,12H,1-9H2. The van der Waals surface area contributed by atoms with Crippen LogP contribution in [-0.4, -0.2) is 17.9 Å². The van der Waals surface area contributed by atoms with E-state index in [0.29, 0.717) is 6.42 Å². The lowest BCUT2D eigenvalue weighted by Gasteiger charge is -2.25. The van der Waals surface area contributed by atoms with Gasteiger partial charge in [0.1, 0.15) is 0 Å². The zero-order chi connectivity index (χ0) is 11.4. The van der Waals surface area contributed by atoms with Gasteiger partial charge in [-0.05, 0) is 32.1 Å². The molecule has 0 spiro atoms. The van der Waals surface area contributed by atoms with Gasteiger partial charge in [0.25, 0.3) is 0 Å². The van der Waals surface area contributed by atoms with Crippen LogP contribution >= 0.6 is 0 Å². The number of ether oxygens (including phenoxy) is 1. The van der Waals surface area contributed by atoms with Gasteiger partial charge in [0, 0.05) is 6.42 Å². The average molecular weight is 224 g/mol. The maximum atomic E-state index is 11.8. The Kier molecular flexibility index (Phi) is 3.97. The van der Waals surface area contributed by atoms with E-state index in [4.69, 9.17) is 4.74 Å². The summed E-state index contributed by atoms with van der Waals surface area (Å²) >= 11 is 0. The minimum atomic E-state index is -0.428. The molecule has 0 amide bonds. The minimum Gasteiger partial charge on any atom is -0.454 e. The summed E-state index contributed by atoms with van der Waals surface area (Å²) < 4.78 is 5.35. The molecule has 2 fully saturated rings. The molecule has 3 heteroatoms. The van der Waals surface area contributed by atoms with Gasteiger partial charge in [-0.15, -0.1) is 0 Å². The molecule has 0 radical (unpaired) electrons. The molecule has 1 unspecified atom stereocenters. The van der Waals surface area contributed by atoms with Gasteiger partial charge >= 0.3 is 5.97 Å². The zero-order valence-electron chi connectivity index (χ0n) is 9.74. The summed E-state index contributed by atoms with van der Waals surface area (Å²) in [4.78, 5) is 23.4. The number of ketones is 1. The number of hydrogen-bond donors (Lipinski definition) is 0. The van der Waals surface area contributed by atoms with Crippen molar-refractivity contribution in [1.29, 1.82) is 0 Å². The van der Waals surface area contributed by atoms with Gasteiger partial charge < -0.3 is 4.74 Å². The van der Waals surface area contributed by atoms with Crippen molar-refractivity contribution in [2.45, 2.75) is 63.9 Å². The number of carbonyl (C=O) groups is 2. The molecule has 2 aliphatic carbocycles. The molecule has 2 aliphatic rings. The van der Waals surface area contributed by atoms with Crippen molar-refractivity contribution in [3.8, 4) is 0 Å². The second kappa shape index (κ2) is 5.46. The first-order chi connectivity index (χ1) is 7.77. The van der Waals surface area contributed by atoms with Gasteiger partial charge in [-0.2, -0.15) is 0 Å². The fourth-order valence-electron chi connectivity index (χ4n) is 2.65. The van der Waals surface area contributed by atoms with Crippen molar-refractivity contribution in [3.05, 3.63) is 0 Å². The van der Waals surface area contributed by atoms with Crippen molar-refractivity contribution in [1.82, 2.24) is 0 Å². The third-order valence-electron chi connectivity index (χ3n) is 3.70. The zero-order valence-corrected chi connectivity index (χ0v) is 9.74. The highest BCUT2D eigenvalue weighted by atomic mass is 16.5. The van der Waals surface area contributed by atoms with Crippen LogP contribution < -0.4 is 0 Å². The highest BCUT2D eigenvalue weighted by Crippen LogP contribution is 2.26. The fraction of sp³-hybridized carbons (Fsp3) is 0.846. The third-order valence-corrected chi connectivity index (χ3v) is 3.70. The number of esters is 1. The number of carbonyl (C=O) groups excluding carboxylic acids is 2. The molecule has 0 aromatic rings. The van der Waals surface area contributed by atoms with Crippen molar-refractivity contribution in [3.63, 3.8) is 0 Å². The molecule has 0 aromatic carbocycles. The number of hydrogen-bond acceptors (Lipinski definition) is 3. The Morgan fingerprint density at radius 2 is 1.69 bits per heavy atom. The summed E-state index contributed by atoms with van der Waals surface area (Å²) in [5, 5.41) is 0. The summed E-state index contributed by atoms with van der Waals surface area (Å²) in [6.45, 7) is 0. The fourth-order valence-corrected chi connectivity index (χ4v) is 2.65. The van der Waals surface area contributed by atoms with Crippen molar-refractivity contribution >= 4 is 11.8 Å². The predicted octanol–water partition coefficient (Wildman–Crippen LogP) is 2.62. The van der Waals surface area contributed by atoms with Gasteiger partial charge in [-0.3, -0.25) is 9.59 Å². The molecule has 2 rings (SSSR count). The van der Waals surface area contributed by atoms with Crippen molar-refractivity contribution < 1.29 is 14.3 Å². The van der Waals surface area contributed by atoms with Crippen LogP contribution in [0.15, 0.2) is 0 Å². The molecule has 3 nitrogen and oxygen atoms in total. The van der Waals surface area contributed by atoms with Crippen molar-refractivity contribution in [2.24, 2.45) is 5.92 Å². The van der Waals surface area contributed by atoms with Gasteiger partial charge in [-0.25, -0.2) is 0 Å². The topological polar surface area (TPSA) is 43.4 Å². The maximum absolute atomic E-state index is 11.8. The smallest absolute Gasteiger partial charge is 0.309 e. The Morgan fingerprint density at radius 1 is 1.00 bits per heavy atom. The largest absolute Gasteiger partial charge is 0.454 e. The van der Waals surface area contributed by atoms with Gasteiger partial charge in [-0.1, -0.05) is 19.3 Å². The third kappa shape index (κ3) is 2.83. The van der Waals surface area contributed by atoms with Crippen LogP contribution in [0.5, 0.6) is 0 Å². The monoisotopic (exact) mass is 224 g/mol. The van der Waals surface area contributed by atoms with E-state index >= 15 is 0 Å². The summed E-state index contributed by atoms with van der Waals surface area (Å²) in [6, 6.07) is 0. The molecule has 0 aromatic heterocycles. The van der Waals surface area contributed by atoms with E-state index in [1.165, 1.54) is 6.42 Å². The molecule has 1 atom stereocenters. The van der Waals surface area contributed by atoms with E-state index < -0.39 is 6.10 Å². The SMILES string of the molecule is O=C(OC1CCCCC1=O)C1CCCCC1. The molecule has 0 N–H and O–H groups in total. The Hall–Kier alpha value is -0.860. The molecule has 16 heavy (non-hydrogen) atoms. The molecule has 90 valence electrons. The average Bonchev–Trinajstić information content (AvgIpc) is 2.33. The van der Waals surface area contributed by atoms with E-state index in [2.05, 4.69) is 0 Å². The molecular formula is C13H20O3. The van der Waals surface area contributed by atoms with E-state index in [-0.39, 0.29) is 17.7 Å². The summed E-state index contributed by atoms with van der Waals surface area (Å²) in [7, 11) is 0. The first kappa shape index (κ1) is 11.6. The summed E-state index contributed by atoms with van der Waals surface area (Å²) in [5.74, 6) is 0.0545. The summed E-state index contributed by atoms with van der Waals surface area (Å²) in [5.41, 5.74) is 0. The molecule has 2 saturated carbocycles. The normalized spacial score (nSPS) is 27.8. The second-order valence-electron chi connectivity index (χ2n) is 4.97. The van der Waals surface area contributed by atoms with E-state index in [1.54, 1.807) is 0 Å². The molecule has 0 aliphatic heterocycles. The van der Waals surface area contributed by atoms with Crippen LogP contribution in [0.1, 0.15) is 57.8 Å². The lowest BCUT2D eigenvalue weighted by Crippen LogP contribution is -2.33. The molecule has 0 saturated heterocycles. The first-order valence-electron chi connectivity index (χ1n) is 6.50. The van der Waals surface area contributed by atoms with E-state index in [9.17, 15) is 9.59 Å². The maximum Gasteiger partial charge on any atom is 0.309 e. The van der Waals surface area contributed by atoms with Crippen LogP contribution in [0.2, 0.25) is 0 Å². The van der Waals surface area contributed by atoms with Crippen LogP contribution in [0.25, 0.3) is 0 Å². The molecule has 0 bridgehead atoms. The summed E-state index contributed by atoms with van der Waals surface area (Å²) in [6.07, 6.45) is 8.22. The quantitative estimate of drug-likeness (QED) is 0.677. The van der Waals surface area contributed by atoms with Gasteiger partial charge in [0.2, 0.25) is 0 Å². The van der Waals surface area contributed by atoms with Crippen LogP contribution in [0.4, 0.5) is 0 Å². The lowest BCUT2D eigenvalue weighted by molar-refractivity contribution is -0.161. The van der Waals surface area contributed by atoms with E-state index in [1.807, 2.05) is 0 Å². The van der Waals surface area contributed by atoms with E-state index in [0.717, 1.165) is 44.9 Å². The molecule has 0 heterocycles. The van der Waals surface area contributed by atoms with Crippen LogP contribution in [-0.2, 0) is 14.3 Å². The highest BCUT2D eigenvalue weighted by molar-refractivity contribution is 5.86. The Bertz CT molecular complexity index is 266. The lowest BCUT2D eigenvalue weighted by atomic mass is 9.89. The molecular weight excluding hydrogens is 204 g/mol. The van der Waals surface area contributed by atoms with Crippen LogP contribution in [0.3, 0.4) is 0 Å². The number of rotatable bonds is 2. The van der Waals surface area contributed by atoms with Gasteiger partial charge in [0.15, 0.2) is 11.9 Å². The van der Waals surface area contributed by atoms with Crippen molar-refractivity contribution in [2.75, 3.05) is 0 Å². The Labute approximate surface area is 96.5 Å². The van der Waals surface area contributed by atoms with Crippen LogP contribution in [0, 0.1) is 5.92 Å². The van der Waals surface area contributed by atoms with Gasteiger partial charge in [0.05, 0.1) is 5.92 Å². The first-order valence-corrected chi connectivity index (χ1v) is 6.50. The highest BCUT2D eigenvalue weighted by Gasteiger charge is 2.29. The second-order valence-corrected chi connectivity index (χ2v) is 4.97. The predicted molar refractivity (Wildman–Crippen MR) is 59.9 cm³/mol.